The number of aliphatic carboxylic acids is 3. The normalized spacial score (nSPS) is 23.3. The Labute approximate surface area is 209 Å². The standard InChI is InChI=1S/C24H46N4O7/c1-16(20(29)24(5,6)7)25-8-10-26(17(2)21(30)31)12-14-28(19(4)23(34)35)15-13-27(11-9-25)18(3)22(32)33/h16-20,29H,8-15H2,1-7H3,(H,30,31)(H,32,33)(H,34,35)/t16-,17-,18-,19-,20?/m0/s1. The van der Waals surface area contributed by atoms with E-state index in [-0.39, 0.29) is 11.5 Å². The van der Waals surface area contributed by atoms with E-state index in [0.29, 0.717) is 52.4 Å². The molecule has 0 aliphatic carbocycles. The first-order valence-corrected chi connectivity index (χ1v) is 12.4. The van der Waals surface area contributed by atoms with Gasteiger partial charge < -0.3 is 20.4 Å². The second-order valence-electron chi connectivity index (χ2n) is 10.7. The SMILES string of the molecule is C[C@@H](C(=O)O)N1CCN([C@@H](C)C(=O)O)CCN([C@@H](C)C(O)C(C)(C)C)CCN([C@@H](C)C(=O)O)CC1. The average molecular weight is 503 g/mol. The van der Waals surface area contributed by atoms with Gasteiger partial charge in [-0.15, -0.1) is 0 Å². The summed E-state index contributed by atoms with van der Waals surface area (Å²) in [5.41, 5.74) is -0.362. The summed E-state index contributed by atoms with van der Waals surface area (Å²) in [6.45, 7) is 15.8. The van der Waals surface area contributed by atoms with Gasteiger partial charge in [-0.25, -0.2) is 0 Å². The molecule has 0 spiro atoms. The predicted molar refractivity (Wildman–Crippen MR) is 133 cm³/mol. The zero-order valence-corrected chi connectivity index (χ0v) is 22.3. The lowest BCUT2D eigenvalue weighted by molar-refractivity contribution is -0.146. The Morgan fingerprint density at radius 1 is 0.571 bits per heavy atom. The Morgan fingerprint density at radius 3 is 1.00 bits per heavy atom. The average Bonchev–Trinajstić information content (AvgIpc) is 2.76. The summed E-state index contributed by atoms with van der Waals surface area (Å²) in [6.07, 6.45) is -0.641. The van der Waals surface area contributed by atoms with Gasteiger partial charge in [-0.1, -0.05) is 20.8 Å². The highest BCUT2D eigenvalue weighted by Gasteiger charge is 2.33. The Balaban J connectivity index is 3.29. The van der Waals surface area contributed by atoms with Gasteiger partial charge in [0.25, 0.3) is 0 Å². The van der Waals surface area contributed by atoms with Gasteiger partial charge in [0, 0.05) is 58.4 Å². The lowest BCUT2D eigenvalue weighted by Gasteiger charge is -2.41. The molecule has 1 rings (SSSR count). The van der Waals surface area contributed by atoms with Crippen LogP contribution in [0, 0.1) is 5.41 Å². The minimum atomic E-state index is -0.982. The second kappa shape index (κ2) is 13.5. The maximum atomic E-state index is 11.8. The van der Waals surface area contributed by atoms with Crippen LogP contribution in [-0.2, 0) is 14.4 Å². The fraction of sp³-hybridized carbons (Fsp3) is 0.875. The van der Waals surface area contributed by atoms with Gasteiger partial charge in [0.15, 0.2) is 0 Å². The molecule has 0 amide bonds. The van der Waals surface area contributed by atoms with Crippen LogP contribution < -0.4 is 0 Å². The van der Waals surface area contributed by atoms with Crippen molar-refractivity contribution < 1.29 is 34.8 Å². The minimum Gasteiger partial charge on any atom is -0.480 e. The Morgan fingerprint density at radius 2 is 0.800 bits per heavy atom. The van der Waals surface area contributed by atoms with E-state index in [4.69, 9.17) is 0 Å². The van der Waals surface area contributed by atoms with Crippen LogP contribution in [0.25, 0.3) is 0 Å². The third-order valence-corrected chi connectivity index (χ3v) is 7.33. The Bertz CT molecular complexity index is 678. The molecule has 0 radical (unpaired) electrons. The molecule has 11 nitrogen and oxygen atoms in total. The van der Waals surface area contributed by atoms with Crippen LogP contribution in [-0.4, -0.2) is 141 Å². The first-order valence-electron chi connectivity index (χ1n) is 12.4. The van der Waals surface area contributed by atoms with Crippen molar-refractivity contribution in [2.75, 3.05) is 52.4 Å². The molecule has 204 valence electrons. The Kier molecular flexibility index (Phi) is 12.0. The molecule has 0 aromatic carbocycles. The summed E-state index contributed by atoms with van der Waals surface area (Å²) >= 11 is 0. The number of carboxylic acids is 3. The molecule has 0 aromatic rings. The number of carboxylic acid groups (broad SMARTS) is 3. The van der Waals surface area contributed by atoms with E-state index in [2.05, 4.69) is 4.90 Å². The number of carbonyl (C=O) groups is 3. The molecule has 1 fully saturated rings. The van der Waals surface area contributed by atoms with Crippen LogP contribution >= 0.6 is 0 Å². The van der Waals surface area contributed by atoms with Gasteiger partial charge in [0.2, 0.25) is 0 Å². The summed E-state index contributed by atoms with van der Waals surface area (Å²) in [6, 6.07) is -2.54. The Hall–Kier alpha value is -1.79. The maximum absolute atomic E-state index is 11.8. The minimum absolute atomic E-state index is 0.231. The van der Waals surface area contributed by atoms with Gasteiger partial charge in [-0.3, -0.25) is 34.0 Å². The lowest BCUT2D eigenvalue weighted by atomic mass is 9.84. The molecule has 0 bridgehead atoms. The van der Waals surface area contributed by atoms with Crippen LogP contribution in [0.1, 0.15) is 48.5 Å². The molecule has 1 saturated heterocycles. The smallest absolute Gasteiger partial charge is 0.320 e. The molecule has 35 heavy (non-hydrogen) atoms. The van der Waals surface area contributed by atoms with Gasteiger partial charge in [0.1, 0.15) is 18.1 Å². The second-order valence-corrected chi connectivity index (χ2v) is 10.7. The van der Waals surface area contributed by atoms with E-state index < -0.39 is 42.1 Å². The highest BCUT2D eigenvalue weighted by atomic mass is 16.4. The number of rotatable bonds is 8. The van der Waals surface area contributed by atoms with E-state index in [1.165, 1.54) is 0 Å². The summed E-state index contributed by atoms with van der Waals surface area (Å²) in [5.74, 6) is -2.89. The van der Waals surface area contributed by atoms with Crippen LogP contribution in [0.15, 0.2) is 0 Å². The van der Waals surface area contributed by atoms with E-state index >= 15 is 0 Å². The van der Waals surface area contributed by atoms with Crippen molar-refractivity contribution >= 4 is 17.9 Å². The van der Waals surface area contributed by atoms with E-state index in [9.17, 15) is 34.8 Å². The summed E-state index contributed by atoms with van der Waals surface area (Å²) < 4.78 is 0. The lowest BCUT2D eigenvalue weighted by Crippen LogP contribution is -2.56. The summed E-state index contributed by atoms with van der Waals surface area (Å²) in [7, 11) is 0. The maximum Gasteiger partial charge on any atom is 0.320 e. The van der Waals surface area contributed by atoms with Crippen molar-refractivity contribution in [1.29, 1.82) is 0 Å². The molecule has 11 heteroatoms. The molecule has 4 N–H and O–H groups in total. The third kappa shape index (κ3) is 9.30. The largest absolute Gasteiger partial charge is 0.480 e. The van der Waals surface area contributed by atoms with Crippen molar-refractivity contribution in [2.45, 2.75) is 78.7 Å². The fourth-order valence-corrected chi connectivity index (χ4v) is 4.44. The van der Waals surface area contributed by atoms with Crippen LogP contribution in [0.4, 0.5) is 0 Å². The molecule has 1 unspecified atom stereocenters. The van der Waals surface area contributed by atoms with Gasteiger partial charge >= 0.3 is 17.9 Å². The molecule has 1 aliphatic rings. The van der Waals surface area contributed by atoms with E-state index in [0.717, 1.165) is 0 Å². The van der Waals surface area contributed by atoms with Crippen molar-refractivity contribution in [3.05, 3.63) is 0 Å². The number of aliphatic hydroxyl groups excluding tert-OH is 1. The number of nitrogens with zero attached hydrogens (tertiary/aromatic N) is 4. The summed E-state index contributed by atoms with van der Waals surface area (Å²) in [5, 5.41) is 39.8. The predicted octanol–water partition coefficient (Wildman–Crippen LogP) is 0.423. The van der Waals surface area contributed by atoms with Gasteiger partial charge in [-0.2, -0.15) is 0 Å². The summed E-state index contributed by atoms with van der Waals surface area (Å²) in [4.78, 5) is 42.7. The van der Waals surface area contributed by atoms with Crippen LogP contribution in [0.2, 0.25) is 0 Å². The quantitative estimate of drug-likeness (QED) is 0.366. The molecule has 0 saturated carbocycles. The topological polar surface area (TPSA) is 145 Å². The van der Waals surface area contributed by atoms with Gasteiger partial charge in [0.05, 0.1) is 6.10 Å². The zero-order chi connectivity index (χ0) is 27.1. The van der Waals surface area contributed by atoms with Crippen molar-refractivity contribution in [2.24, 2.45) is 5.41 Å². The molecular formula is C24H46N4O7. The number of aliphatic hydroxyl groups is 1. The van der Waals surface area contributed by atoms with Crippen LogP contribution in [0.5, 0.6) is 0 Å². The molecule has 5 atom stereocenters. The first kappa shape index (κ1) is 31.2. The number of hydrogen-bond donors (Lipinski definition) is 4. The van der Waals surface area contributed by atoms with Crippen LogP contribution in [0.3, 0.4) is 0 Å². The van der Waals surface area contributed by atoms with Crippen molar-refractivity contribution in [3.8, 4) is 0 Å². The highest BCUT2D eigenvalue weighted by molar-refractivity contribution is 5.73. The van der Waals surface area contributed by atoms with Crippen molar-refractivity contribution in [3.63, 3.8) is 0 Å². The highest BCUT2D eigenvalue weighted by Crippen LogP contribution is 2.24. The number of hydrogen-bond acceptors (Lipinski definition) is 8. The van der Waals surface area contributed by atoms with Crippen molar-refractivity contribution in [1.82, 2.24) is 19.6 Å². The van der Waals surface area contributed by atoms with Gasteiger partial charge in [-0.05, 0) is 33.1 Å². The molecular weight excluding hydrogens is 456 g/mol. The molecule has 1 aliphatic heterocycles. The first-order chi connectivity index (χ1) is 16.1. The monoisotopic (exact) mass is 502 g/mol. The third-order valence-electron chi connectivity index (χ3n) is 7.33. The van der Waals surface area contributed by atoms with E-state index in [1.54, 1.807) is 25.7 Å². The van der Waals surface area contributed by atoms with E-state index in [1.807, 2.05) is 37.5 Å². The fourth-order valence-electron chi connectivity index (χ4n) is 4.44. The molecule has 1 heterocycles. The zero-order valence-electron chi connectivity index (χ0n) is 22.3. The molecule has 0 aromatic heterocycles.